The number of rotatable bonds is 9. The van der Waals surface area contributed by atoms with Gasteiger partial charge in [0.05, 0.1) is 38.2 Å². The minimum Gasteiger partial charge on any atom is -0.493 e. The predicted molar refractivity (Wildman–Crippen MR) is 143 cm³/mol. The maximum Gasteiger partial charge on any atom is 0.350 e. The molecule has 4 aromatic rings. The molecule has 0 unspecified atom stereocenters. The van der Waals surface area contributed by atoms with E-state index in [4.69, 9.17) is 14.2 Å². The fourth-order valence-corrected chi connectivity index (χ4v) is 5.34. The van der Waals surface area contributed by atoms with Crippen molar-refractivity contribution in [2.45, 2.75) is 27.3 Å². The van der Waals surface area contributed by atoms with Crippen LogP contribution in [0.1, 0.15) is 29.2 Å². The Labute approximate surface area is 220 Å². The Bertz CT molecular complexity index is 1520. The Morgan fingerprint density at radius 2 is 1.92 bits per heavy atom. The highest BCUT2D eigenvalue weighted by molar-refractivity contribution is 7.17. The molecule has 3 aromatic heterocycles. The Hall–Kier alpha value is -3.77. The zero-order valence-electron chi connectivity index (χ0n) is 21.0. The third kappa shape index (κ3) is 5.65. The molecule has 0 spiro atoms. The van der Waals surface area contributed by atoms with Gasteiger partial charge in [0.2, 0.25) is 5.91 Å². The van der Waals surface area contributed by atoms with Crippen LogP contribution in [0.3, 0.4) is 0 Å². The van der Waals surface area contributed by atoms with E-state index in [0.717, 1.165) is 16.9 Å². The second kappa shape index (κ2) is 11.1. The van der Waals surface area contributed by atoms with Gasteiger partial charge in [0.15, 0.2) is 16.6 Å². The van der Waals surface area contributed by atoms with Crippen LogP contribution in [0.15, 0.2) is 34.7 Å². The first kappa shape index (κ1) is 26.3. The molecule has 1 N–H and O–H groups in total. The number of carbonyl (C=O) groups is 2. The SMILES string of the molecule is COc1ccc(-c2csc3ncn(CC(=O)Nc4nc(C)c(C(=O)OCC(C)C)s4)c(=O)c23)cc1OC. The van der Waals surface area contributed by atoms with Crippen LogP contribution in [-0.2, 0) is 16.1 Å². The number of carbonyl (C=O) groups excluding carboxylic acids is 2. The second-order valence-corrected chi connectivity index (χ2v) is 10.4. The van der Waals surface area contributed by atoms with Crippen LogP contribution in [0.4, 0.5) is 5.13 Å². The number of amides is 1. The van der Waals surface area contributed by atoms with E-state index in [1.807, 2.05) is 25.3 Å². The van der Waals surface area contributed by atoms with Gasteiger partial charge in [-0.05, 0) is 30.5 Å². The maximum atomic E-state index is 13.3. The topological polar surface area (TPSA) is 122 Å². The van der Waals surface area contributed by atoms with Crippen molar-refractivity contribution in [1.82, 2.24) is 14.5 Å². The summed E-state index contributed by atoms with van der Waals surface area (Å²) in [6.45, 7) is 5.59. The lowest BCUT2D eigenvalue weighted by Gasteiger charge is -2.09. The van der Waals surface area contributed by atoms with E-state index in [-0.39, 0.29) is 23.2 Å². The molecule has 0 aliphatic rings. The number of nitrogens with zero attached hydrogens (tertiary/aromatic N) is 3. The van der Waals surface area contributed by atoms with E-state index >= 15 is 0 Å². The molecule has 12 heteroatoms. The summed E-state index contributed by atoms with van der Waals surface area (Å²) in [7, 11) is 3.10. The van der Waals surface area contributed by atoms with Crippen LogP contribution in [0.5, 0.6) is 11.5 Å². The monoisotopic (exact) mass is 542 g/mol. The molecule has 0 atom stereocenters. The normalized spacial score (nSPS) is 11.1. The van der Waals surface area contributed by atoms with Gasteiger partial charge in [-0.25, -0.2) is 14.8 Å². The number of benzene rings is 1. The number of methoxy groups -OCH3 is 2. The van der Waals surface area contributed by atoms with Gasteiger partial charge in [-0.15, -0.1) is 11.3 Å². The van der Waals surface area contributed by atoms with Gasteiger partial charge in [0.25, 0.3) is 5.56 Å². The molecule has 1 aromatic carbocycles. The Morgan fingerprint density at radius 1 is 1.16 bits per heavy atom. The van der Waals surface area contributed by atoms with Crippen molar-refractivity contribution in [2.75, 3.05) is 26.1 Å². The first-order valence-electron chi connectivity index (χ1n) is 11.3. The van der Waals surface area contributed by atoms with E-state index in [1.54, 1.807) is 33.3 Å². The van der Waals surface area contributed by atoms with Gasteiger partial charge in [-0.3, -0.25) is 14.2 Å². The molecule has 0 fully saturated rings. The summed E-state index contributed by atoms with van der Waals surface area (Å²) in [5.74, 6) is 0.370. The van der Waals surface area contributed by atoms with Crippen molar-refractivity contribution in [2.24, 2.45) is 5.92 Å². The van der Waals surface area contributed by atoms with Crippen molar-refractivity contribution in [3.63, 3.8) is 0 Å². The molecular weight excluding hydrogens is 516 g/mol. The van der Waals surface area contributed by atoms with Crippen molar-refractivity contribution in [3.05, 3.63) is 50.8 Å². The third-order valence-corrected chi connectivity index (χ3v) is 7.28. The summed E-state index contributed by atoms with van der Waals surface area (Å²) >= 11 is 2.37. The maximum absolute atomic E-state index is 13.3. The smallest absolute Gasteiger partial charge is 0.350 e. The number of hydrogen-bond acceptors (Lipinski definition) is 10. The van der Waals surface area contributed by atoms with Crippen molar-refractivity contribution in [3.8, 4) is 22.6 Å². The number of ether oxygens (including phenoxy) is 3. The third-order valence-electron chi connectivity index (χ3n) is 5.35. The molecule has 0 aliphatic carbocycles. The minimum absolute atomic E-state index is 0.205. The van der Waals surface area contributed by atoms with Gasteiger partial charge >= 0.3 is 5.97 Å². The number of hydrogen-bond donors (Lipinski definition) is 1. The van der Waals surface area contributed by atoms with Crippen LogP contribution < -0.4 is 20.3 Å². The van der Waals surface area contributed by atoms with Gasteiger partial charge in [0.1, 0.15) is 16.3 Å². The van der Waals surface area contributed by atoms with Crippen LogP contribution in [0, 0.1) is 12.8 Å². The number of aromatic nitrogens is 3. The zero-order chi connectivity index (χ0) is 26.7. The molecular formula is C25H26N4O6S2. The Morgan fingerprint density at radius 3 is 2.62 bits per heavy atom. The second-order valence-electron chi connectivity index (χ2n) is 8.55. The van der Waals surface area contributed by atoms with E-state index in [9.17, 15) is 14.4 Å². The lowest BCUT2D eigenvalue weighted by molar-refractivity contribution is -0.116. The van der Waals surface area contributed by atoms with Gasteiger partial charge in [0, 0.05) is 10.9 Å². The van der Waals surface area contributed by atoms with Gasteiger partial charge < -0.3 is 19.5 Å². The van der Waals surface area contributed by atoms with Crippen LogP contribution in [-0.4, -0.2) is 47.2 Å². The molecule has 4 rings (SSSR count). The quantitative estimate of drug-likeness (QED) is 0.310. The number of anilines is 1. The van der Waals surface area contributed by atoms with Crippen LogP contribution in [0.25, 0.3) is 21.3 Å². The Balaban J connectivity index is 1.56. The molecule has 0 saturated heterocycles. The summed E-state index contributed by atoms with van der Waals surface area (Å²) in [6.07, 6.45) is 1.35. The molecule has 0 saturated carbocycles. The summed E-state index contributed by atoms with van der Waals surface area (Å²) in [6, 6.07) is 5.39. The fraction of sp³-hybridized carbons (Fsp3) is 0.320. The van der Waals surface area contributed by atoms with Crippen molar-refractivity contribution >= 4 is 49.9 Å². The highest BCUT2D eigenvalue weighted by Gasteiger charge is 2.20. The average Bonchev–Trinajstić information content (AvgIpc) is 3.47. The molecule has 37 heavy (non-hydrogen) atoms. The van der Waals surface area contributed by atoms with E-state index in [0.29, 0.717) is 44.5 Å². The number of fused-ring (bicyclic) bond motifs is 1. The summed E-state index contributed by atoms with van der Waals surface area (Å²) < 4.78 is 17.2. The summed E-state index contributed by atoms with van der Waals surface area (Å²) in [5.41, 5.74) is 1.57. The first-order chi connectivity index (χ1) is 17.7. The number of aryl methyl sites for hydroxylation is 1. The van der Waals surface area contributed by atoms with E-state index in [2.05, 4.69) is 15.3 Å². The van der Waals surface area contributed by atoms with Crippen LogP contribution >= 0.6 is 22.7 Å². The molecule has 3 heterocycles. The average molecular weight is 543 g/mol. The molecule has 0 radical (unpaired) electrons. The van der Waals surface area contributed by atoms with E-state index in [1.165, 1.54) is 22.2 Å². The van der Waals surface area contributed by atoms with Gasteiger partial charge in [-0.1, -0.05) is 31.3 Å². The molecule has 0 aliphatic heterocycles. The first-order valence-corrected chi connectivity index (χ1v) is 13.0. The number of nitrogens with one attached hydrogen (secondary N) is 1. The Kier molecular flexibility index (Phi) is 7.89. The summed E-state index contributed by atoms with van der Waals surface area (Å²) in [5, 5.41) is 5.17. The summed E-state index contributed by atoms with van der Waals surface area (Å²) in [4.78, 5) is 47.9. The van der Waals surface area contributed by atoms with Gasteiger partial charge in [-0.2, -0.15) is 0 Å². The fourth-order valence-electron chi connectivity index (χ4n) is 3.56. The van der Waals surface area contributed by atoms with Crippen molar-refractivity contribution in [1.29, 1.82) is 0 Å². The molecule has 1 amide bonds. The predicted octanol–water partition coefficient (Wildman–Crippen LogP) is 4.36. The molecule has 10 nitrogen and oxygen atoms in total. The standard InChI is InChI=1S/C25H26N4O6S2/c1-13(2)10-35-24(32)21-14(3)27-25(37-21)28-19(30)9-29-12-26-22-20(23(29)31)16(11-36-22)15-6-7-17(33-4)18(8-15)34-5/h6-8,11-13H,9-10H2,1-5H3,(H,27,28,30). The number of esters is 1. The number of thiophene rings is 1. The number of thiazole rings is 1. The highest BCUT2D eigenvalue weighted by Crippen LogP contribution is 2.36. The lowest BCUT2D eigenvalue weighted by atomic mass is 10.1. The van der Waals surface area contributed by atoms with Crippen molar-refractivity contribution < 1.29 is 23.8 Å². The highest BCUT2D eigenvalue weighted by atomic mass is 32.1. The van der Waals surface area contributed by atoms with Crippen LogP contribution in [0.2, 0.25) is 0 Å². The minimum atomic E-state index is -0.477. The lowest BCUT2D eigenvalue weighted by Crippen LogP contribution is -2.27. The molecule has 194 valence electrons. The zero-order valence-corrected chi connectivity index (χ0v) is 22.6. The largest absolute Gasteiger partial charge is 0.493 e. The van der Waals surface area contributed by atoms with E-state index < -0.39 is 11.9 Å². The molecule has 0 bridgehead atoms.